The second-order valence-electron chi connectivity index (χ2n) is 5.47. The first-order valence-electron chi connectivity index (χ1n) is 7.42. The number of para-hydroxylation sites is 1. The van der Waals surface area contributed by atoms with Crippen molar-refractivity contribution < 1.29 is 10.0 Å². The number of piperazine rings is 1. The van der Waals surface area contributed by atoms with E-state index in [1.807, 2.05) is 12.1 Å². The Morgan fingerprint density at radius 2 is 2.00 bits per heavy atom. The molecule has 1 aromatic rings. The third kappa shape index (κ3) is 3.33. The zero-order chi connectivity index (χ0) is 15.4. The molecular formula is C15H23N3O3. The van der Waals surface area contributed by atoms with E-state index in [9.17, 15) is 15.2 Å². The first kappa shape index (κ1) is 15.7. The number of anilines is 1. The average Bonchev–Trinajstić information content (AvgIpc) is 2.48. The molecule has 0 radical (unpaired) electrons. The SMILES string of the molecule is CC[C@@H](CO)N1CCN(c2cccc(C)c2[N+](=O)[O-])CC1. The van der Waals surface area contributed by atoms with Gasteiger partial charge in [-0.1, -0.05) is 19.1 Å². The average molecular weight is 293 g/mol. The van der Waals surface area contributed by atoms with Crippen LogP contribution >= 0.6 is 0 Å². The molecule has 0 aliphatic carbocycles. The fourth-order valence-electron chi connectivity index (χ4n) is 2.97. The van der Waals surface area contributed by atoms with Crippen LogP contribution in [0.5, 0.6) is 0 Å². The van der Waals surface area contributed by atoms with Crippen molar-refractivity contribution in [2.45, 2.75) is 26.3 Å². The summed E-state index contributed by atoms with van der Waals surface area (Å²) in [6.45, 7) is 7.16. The molecule has 0 unspecified atom stereocenters. The van der Waals surface area contributed by atoms with Crippen molar-refractivity contribution in [2.24, 2.45) is 0 Å². The quantitative estimate of drug-likeness (QED) is 0.662. The monoisotopic (exact) mass is 293 g/mol. The van der Waals surface area contributed by atoms with E-state index in [0.717, 1.165) is 32.6 Å². The minimum Gasteiger partial charge on any atom is -0.395 e. The van der Waals surface area contributed by atoms with Gasteiger partial charge in [-0.3, -0.25) is 15.0 Å². The Kier molecular flexibility index (Phi) is 5.14. The van der Waals surface area contributed by atoms with E-state index in [0.29, 0.717) is 11.3 Å². The molecule has 0 amide bonds. The van der Waals surface area contributed by atoms with Crippen LogP contribution in [0.3, 0.4) is 0 Å². The van der Waals surface area contributed by atoms with E-state index in [1.165, 1.54) is 0 Å². The Morgan fingerprint density at radius 3 is 2.52 bits per heavy atom. The predicted molar refractivity (Wildman–Crippen MR) is 82.8 cm³/mol. The summed E-state index contributed by atoms with van der Waals surface area (Å²) in [5, 5.41) is 20.7. The van der Waals surface area contributed by atoms with Gasteiger partial charge in [0.1, 0.15) is 5.69 Å². The largest absolute Gasteiger partial charge is 0.395 e. The van der Waals surface area contributed by atoms with Crippen LogP contribution in [0.25, 0.3) is 0 Å². The van der Waals surface area contributed by atoms with Gasteiger partial charge in [-0.05, 0) is 19.4 Å². The first-order chi connectivity index (χ1) is 10.1. The molecule has 1 N–H and O–H groups in total. The van der Waals surface area contributed by atoms with Gasteiger partial charge >= 0.3 is 0 Å². The lowest BCUT2D eigenvalue weighted by atomic mass is 10.1. The fourth-order valence-corrected chi connectivity index (χ4v) is 2.97. The van der Waals surface area contributed by atoms with Crippen molar-refractivity contribution in [3.63, 3.8) is 0 Å². The van der Waals surface area contributed by atoms with Gasteiger partial charge in [-0.15, -0.1) is 0 Å². The summed E-state index contributed by atoms with van der Waals surface area (Å²) in [6, 6.07) is 5.66. The summed E-state index contributed by atoms with van der Waals surface area (Å²) in [5.41, 5.74) is 1.61. The first-order valence-corrected chi connectivity index (χ1v) is 7.42. The summed E-state index contributed by atoms with van der Waals surface area (Å²) in [4.78, 5) is 15.3. The van der Waals surface area contributed by atoms with Gasteiger partial charge in [0.15, 0.2) is 0 Å². The van der Waals surface area contributed by atoms with Crippen molar-refractivity contribution in [1.29, 1.82) is 0 Å². The second kappa shape index (κ2) is 6.87. The van der Waals surface area contributed by atoms with E-state index in [-0.39, 0.29) is 23.3 Å². The fraction of sp³-hybridized carbons (Fsp3) is 0.600. The van der Waals surface area contributed by atoms with E-state index >= 15 is 0 Å². The molecule has 21 heavy (non-hydrogen) atoms. The van der Waals surface area contributed by atoms with Gasteiger partial charge in [-0.2, -0.15) is 0 Å². The van der Waals surface area contributed by atoms with Gasteiger partial charge in [0.05, 0.1) is 11.5 Å². The van der Waals surface area contributed by atoms with Gasteiger partial charge in [0.2, 0.25) is 0 Å². The Labute approximate surface area is 125 Å². The van der Waals surface area contributed by atoms with Crippen LogP contribution in [0, 0.1) is 17.0 Å². The summed E-state index contributed by atoms with van der Waals surface area (Å²) in [6.07, 6.45) is 0.918. The molecule has 116 valence electrons. The Morgan fingerprint density at radius 1 is 1.33 bits per heavy atom. The minimum absolute atomic E-state index is 0.168. The topological polar surface area (TPSA) is 69.8 Å². The van der Waals surface area contributed by atoms with Crippen LogP contribution in [0.4, 0.5) is 11.4 Å². The Balaban J connectivity index is 2.13. The van der Waals surface area contributed by atoms with E-state index in [2.05, 4.69) is 16.7 Å². The highest BCUT2D eigenvalue weighted by molar-refractivity contribution is 5.66. The van der Waals surface area contributed by atoms with E-state index < -0.39 is 0 Å². The maximum Gasteiger partial charge on any atom is 0.295 e. The highest BCUT2D eigenvalue weighted by Gasteiger charge is 2.27. The summed E-state index contributed by atoms with van der Waals surface area (Å²) < 4.78 is 0. The molecule has 6 heteroatoms. The van der Waals surface area contributed by atoms with Crippen molar-refractivity contribution in [1.82, 2.24) is 4.90 Å². The third-order valence-electron chi connectivity index (χ3n) is 4.25. The van der Waals surface area contributed by atoms with Crippen molar-refractivity contribution in [3.8, 4) is 0 Å². The van der Waals surface area contributed by atoms with E-state index in [4.69, 9.17) is 0 Å². The van der Waals surface area contributed by atoms with E-state index in [1.54, 1.807) is 13.0 Å². The molecule has 1 atom stereocenters. The maximum absolute atomic E-state index is 11.3. The molecule has 1 fully saturated rings. The molecule has 1 aliphatic heterocycles. The Hall–Kier alpha value is -1.66. The zero-order valence-corrected chi connectivity index (χ0v) is 12.7. The highest BCUT2D eigenvalue weighted by atomic mass is 16.6. The number of aryl methyl sites for hydroxylation is 1. The number of hydrogen-bond donors (Lipinski definition) is 1. The molecular weight excluding hydrogens is 270 g/mol. The molecule has 1 aliphatic rings. The minimum atomic E-state index is -0.292. The van der Waals surface area contributed by atoms with Crippen molar-refractivity contribution in [2.75, 3.05) is 37.7 Å². The lowest BCUT2D eigenvalue weighted by Gasteiger charge is -2.39. The van der Waals surface area contributed by atoms with Crippen LogP contribution in [-0.2, 0) is 0 Å². The smallest absolute Gasteiger partial charge is 0.295 e. The lowest BCUT2D eigenvalue weighted by molar-refractivity contribution is -0.384. The molecule has 1 heterocycles. The van der Waals surface area contributed by atoms with Gasteiger partial charge < -0.3 is 10.0 Å². The molecule has 0 spiro atoms. The molecule has 6 nitrogen and oxygen atoms in total. The summed E-state index contributed by atoms with van der Waals surface area (Å²) >= 11 is 0. The number of nitro benzene ring substituents is 1. The number of hydrogen-bond acceptors (Lipinski definition) is 5. The van der Waals surface area contributed by atoms with Gasteiger partial charge in [0, 0.05) is 37.8 Å². The molecule has 0 bridgehead atoms. The van der Waals surface area contributed by atoms with Crippen LogP contribution < -0.4 is 4.90 Å². The number of nitrogens with zero attached hydrogens (tertiary/aromatic N) is 3. The van der Waals surface area contributed by atoms with Crippen LogP contribution in [0.2, 0.25) is 0 Å². The second-order valence-corrected chi connectivity index (χ2v) is 5.47. The molecule has 0 saturated carbocycles. The van der Waals surface area contributed by atoms with Crippen molar-refractivity contribution in [3.05, 3.63) is 33.9 Å². The van der Waals surface area contributed by atoms with Crippen LogP contribution in [0.1, 0.15) is 18.9 Å². The molecule has 0 aromatic heterocycles. The molecule has 1 saturated heterocycles. The number of rotatable bonds is 5. The normalized spacial score (nSPS) is 17.8. The third-order valence-corrected chi connectivity index (χ3v) is 4.25. The summed E-state index contributed by atoms with van der Waals surface area (Å²) in [5.74, 6) is 0. The van der Waals surface area contributed by atoms with Crippen LogP contribution in [-0.4, -0.2) is 53.8 Å². The number of nitro groups is 1. The highest BCUT2D eigenvalue weighted by Crippen LogP contribution is 2.32. The van der Waals surface area contributed by atoms with Crippen molar-refractivity contribution >= 4 is 11.4 Å². The Bertz CT molecular complexity index is 495. The maximum atomic E-state index is 11.3. The number of aliphatic hydroxyl groups excluding tert-OH is 1. The number of aliphatic hydroxyl groups is 1. The van der Waals surface area contributed by atoms with Crippen LogP contribution in [0.15, 0.2) is 18.2 Å². The van der Waals surface area contributed by atoms with Gasteiger partial charge in [0.25, 0.3) is 5.69 Å². The molecule has 2 rings (SSSR count). The molecule has 1 aromatic carbocycles. The number of benzene rings is 1. The zero-order valence-electron chi connectivity index (χ0n) is 12.7. The lowest BCUT2D eigenvalue weighted by Crippen LogP contribution is -2.51. The standard InChI is InChI=1S/C15H23N3O3/c1-3-13(11-19)16-7-9-17(10-8-16)14-6-4-5-12(2)15(14)18(20)21/h4-6,13,19H,3,7-11H2,1-2H3/t13-/m0/s1. The van der Waals surface area contributed by atoms with Gasteiger partial charge in [-0.25, -0.2) is 0 Å². The summed E-state index contributed by atoms with van der Waals surface area (Å²) in [7, 11) is 0. The predicted octanol–water partition coefficient (Wildman–Crippen LogP) is 1.80.